The summed E-state index contributed by atoms with van der Waals surface area (Å²) in [6.45, 7) is 2.57. The highest BCUT2D eigenvalue weighted by Crippen LogP contribution is 2.27. The van der Waals surface area contributed by atoms with Gasteiger partial charge < -0.3 is 9.47 Å². The Labute approximate surface area is 140 Å². The first-order chi connectivity index (χ1) is 11.7. The quantitative estimate of drug-likeness (QED) is 0.717. The highest BCUT2D eigenvalue weighted by molar-refractivity contribution is 5.64. The largest absolute Gasteiger partial charge is 0.497 e. The Morgan fingerprint density at radius 2 is 1.88 bits per heavy atom. The molecule has 0 bridgehead atoms. The number of hydrogen-bond donors (Lipinski definition) is 0. The van der Waals surface area contributed by atoms with E-state index in [-0.39, 0.29) is 0 Å². The summed E-state index contributed by atoms with van der Waals surface area (Å²) in [5, 5.41) is 13.6. The second kappa shape index (κ2) is 6.88. The Morgan fingerprint density at radius 3 is 2.54 bits per heavy atom. The van der Waals surface area contributed by atoms with E-state index in [1.165, 1.54) is 0 Å². The average molecular weight is 319 g/mol. The molecule has 1 heterocycles. The summed E-state index contributed by atoms with van der Waals surface area (Å²) in [6.07, 6.45) is 0. The van der Waals surface area contributed by atoms with Crippen molar-refractivity contribution in [3.05, 3.63) is 60.3 Å². The van der Waals surface area contributed by atoms with Gasteiger partial charge in [-0.25, -0.2) is 4.68 Å². The van der Waals surface area contributed by atoms with Gasteiger partial charge in [-0.1, -0.05) is 6.07 Å². The normalized spacial score (nSPS) is 10.2. The van der Waals surface area contributed by atoms with Crippen LogP contribution in [0.5, 0.6) is 11.5 Å². The van der Waals surface area contributed by atoms with Crippen molar-refractivity contribution in [1.82, 2.24) is 9.78 Å². The van der Waals surface area contributed by atoms with E-state index in [0.29, 0.717) is 12.3 Å². The van der Waals surface area contributed by atoms with Gasteiger partial charge in [-0.15, -0.1) is 0 Å². The van der Waals surface area contributed by atoms with E-state index in [2.05, 4.69) is 11.2 Å². The van der Waals surface area contributed by atoms with Crippen molar-refractivity contribution in [2.45, 2.75) is 6.92 Å². The Morgan fingerprint density at radius 1 is 1.08 bits per heavy atom. The smallest absolute Gasteiger partial charge is 0.163 e. The van der Waals surface area contributed by atoms with Gasteiger partial charge in [0.05, 0.1) is 25.1 Å². The molecular formula is C19H17N3O2. The third kappa shape index (κ3) is 3.08. The second-order valence-corrected chi connectivity index (χ2v) is 5.10. The summed E-state index contributed by atoms with van der Waals surface area (Å²) in [5.41, 5.74) is 2.99. The lowest BCUT2D eigenvalue weighted by Gasteiger charge is -2.10. The minimum atomic E-state index is 0.363. The monoisotopic (exact) mass is 319 g/mol. The first-order valence-electron chi connectivity index (χ1n) is 7.63. The van der Waals surface area contributed by atoms with Crippen LogP contribution < -0.4 is 9.47 Å². The Kier molecular flexibility index (Phi) is 4.48. The zero-order chi connectivity index (χ0) is 16.9. The van der Waals surface area contributed by atoms with Crippen molar-refractivity contribution in [1.29, 1.82) is 5.26 Å². The van der Waals surface area contributed by atoms with Gasteiger partial charge in [0.1, 0.15) is 17.6 Å². The predicted molar refractivity (Wildman–Crippen MR) is 91.4 cm³/mol. The van der Waals surface area contributed by atoms with Crippen molar-refractivity contribution < 1.29 is 9.47 Å². The molecule has 0 atom stereocenters. The first kappa shape index (κ1) is 15.6. The fraction of sp³-hybridized carbons (Fsp3) is 0.158. The van der Waals surface area contributed by atoms with Crippen LogP contribution in [0.4, 0.5) is 0 Å². The zero-order valence-corrected chi connectivity index (χ0v) is 13.6. The van der Waals surface area contributed by atoms with Gasteiger partial charge in [0.2, 0.25) is 0 Å². The molecule has 0 unspecified atom stereocenters. The van der Waals surface area contributed by atoms with Crippen LogP contribution in [0.1, 0.15) is 12.6 Å². The standard InChI is InChI=1S/C19H17N3O2/c1-3-24-17-9-7-14(8-10-17)19-11-15(13-20)21-22(19)16-5-4-6-18(12-16)23-2/h4-12H,3H2,1-2H3. The van der Waals surface area contributed by atoms with Crippen LogP contribution in [0.25, 0.3) is 16.9 Å². The van der Waals surface area contributed by atoms with E-state index in [1.807, 2.05) is 55.5 Å². The Hall–Kier alpha value is -3.26. The Balaban J connectivity index is 2.07. The number of benzene rings is 2. The lowest BCUT2D eigenvalue weighted by molar-refractivity contribution is 0.340. The molecule has 120 valence electrons. The van der Waals surface area contributed by atoms with E-state index in [1.54, 1.807) is 17.9 Å². The Bertz CT molecular complexity index is 876. The van der Waals surface area contributed by atoms with Gasteiger partial charge in [0, 0.05) is 17.7 Å². The molecule has 0 saturated heterocycles. The molecule has 0 N–H and O–H groups in total. The van der Waals surface area contributed by atoms with Crippen molar-refractivity contribution in [3.63, 3.8) is 0 Å². The molecule has 0 aliphatic carbocycles. The molecule has 0 aliphatic rings. The number of aromatic nitrogens is 2. The maximum Gasteiger partial charge on any atom is 0.163 e. The molecular weight excluding hydrogens is 302 g/mol. The molecule has 24 heavy (non-hydrogen) atoms. The number of rotatable bonds is 5. The molecule has 0 aliphatic heterocycles. The van der Waals surface area contributed by atoms with E-state index in [0.717, 1.165) is 28.4 Å². The van der Waals surface area contributed by atoms with Gasteiger partial charge in [0.25, 0.3) is 0 Å². The minimum absolute atomic E-state index is 0.363. The number of ether oxygens (including phenoxy) is 2. The average Bonchev–Trinajstić information content (AvgIpc) is 3.07. The fourth-order valence-electron chi connectivity index (χ4n) is 2.47. The highest BCUT2D eigenvalue weighted by Gasteiger charge is 2.12. The number of methoxy groups -OCH3 is 1. The van der Waals surface area contributed by atoms with E-state index in [4.69, 9.17) is 9.47 Å². The molecule has 0 fully saturated rings. The second-order valence-electron chi connectivity index (χ2n) is 5.10. The van der Waals surface area contributed by atoms with Crippen molar-refractivity contribution in [2.24, 2.45) is 0 Å². The summed E-state index contributed by atoms with van der Waals surface area (Å²) in [5.74, 6) is 1.55. The van der Waals surface area contributed by atoms with Gasteiger partial charge in [-0.2, -0.15) is 10.4 Å². The summed E-state index contributed by atoms with van der Waals surface area (Å²) < 4.78 is 12.5. The molecule has 0 saturated carbocycles. The predicted octanol–water partition coefficient (Wildman–Crippen LogP) is 3.82. The van der Waals surface area contributed by atoms with Gasteiger partial charge >= 0.3 is 0 Å². The summed E-state index contributed by atoms with van der Waals surface area (Å²) in [4.78, 5) is 0. The molecule has 2 aromatic carbocycles. The highest BCUT2D eigenvalue weighted by atomic mass is 16.5. The minimum Gasteiger partial charge on any atom is -0.497 e. The molecule has 3 aromatic rings. The van der Waals surface area contributed by atoms with Gasteiger partial charge in [-0.05, 0) is 43.3 Å². The van der Waals surface area contributed by atoms with Crippen LogP contribution in [0.2, 0.25) is 0 Å². The first-order valence-corrected chi connectivity index (χ1v) is 7.63. The van der Waals surface area contributed by atoms with Crippen LogP contribution in [0.3, 0.4) is 0 Å². The van der Waals surface area contributed by atoms with Crippen LogP contribution in [-0.4, -0.2) is 23.5 Å². The number of hydrogen-bond acceptors (Lipinski definition) is 4. The lowest BCUT2D eigenvalue weighted by Crippen LogP contribution is -2.00. The zero-order valence-electron chi connectivity index (χ0n) is 13.6. The molecule has 0 radical (unpaired) electrons. The fourth-order valence-corrected chi connectivity index (χ4v) is 2.47. The topological polar surface area (TPSA) is 60.1 Å². The molecule has 1 aromatic heterocycles. The van der Waals surface area contributed by atoms with Crippen molar-refractivity contribution in [2.75, 3.05) is 13.7 Å². The molecule has 3 rings (SSSR count). The third-order valence-electron chi connectivity index (χ3n) is 3.58. The van der Waals surface area contributed by atoms with Crippen molar-refractivity contribution in [3.8, 4) is 34.5 Å². The van der Waals surface area contributed by atoms with Crippen molar-refractivity contribution >= 4 is 0 Å². The van der Waals surface area contributed by atoms with Gasteiger partial charge in [-0.3, -0.25) is 0 Å². The lowest BCUT2D eigenvalue weighted by atomic mass is 10.1. The summed E-state index contributed by atoms with van der Waals surface area (Å²) in [6, 6.07) is 19.2. The summed E-state index contributed by atoms with van der Waals surface area (Å²) >= 11 is 0. The maximum atomic E-state index is 9.21. The van der Waals surface area contributed by atoms with Crippen LogP contribution in [0.15, 0.2) is 54.6 Å². The maximum absolute atomic E-state index is 9.21. The van der Waals surface area contributed by atoms with E-state index in [9.17, 15) is 5.26 Å². The molecule has 0 amide bonds. The van der Waals surface area contributed by atoms with Crippen LogP contribution in [0, 0.1) is 11.3 Å². The number of nitriles is 1. The third-order valence-corrected chi connectivity index (χ3v) is 3.58. The number of nitrogens with zero attached hydrogens (tertiary/aromatic N) is 3. The SMILES string of the molecule is CCOc1ccc(-c2cc(C#N)nn2-c2cccc(OC)c2)cc1. The molecule has 5 heteroatoms. The van der Waals surface area contributed by atoms with E-state index < -0.39 is 0 Å². The summed E-state index contributed by atoms with van der Waals surface area (Å²) in [7, 11) is 1.62. The molecule has 5 nitrogen and oxygen atoms in total. The van der Waals surface area contributed by atoms with Crippen LogP contribution >= 0.6 is 0 Å². The molecule has 0 spiro atoms. The van der Waals surface area contributed by atoms with Crippen LogP contribution in [-0.2, 0) is 0 Å². The van der Waals surface area contributed by atoms with Gasteiger partial charge in [0.15, 0.2) is 5.69 Å². The van der Waals surface area contributed by atoms with E-state index >= 15 is 0 Å².